The second kappa shape index (κ2) is 4.17. The maximum atomic E-state index is 3.63. The van der Waals surface area contributed by atoms with Gasteiger partial charge in [-0.25, -0.2) is 0 Å². The third kappa shape index (κ3) is 2.27. The van der Waals surface area contributed by atoms with Crippen LogP contribution < -0.4 is 0 Å². The average molecular weight is 489 g/mol. The Labute approximate surface area is 114 Å². The first-order valence-electron chi connectivity index (χ1n) is 3.13. The maximum absolute atomic E-state index is 3.63. The number of hydrogen-bond acceptors (Lipinski definition) is 0. The number of rotatable bonds is 0. The molecule has 0 aromatic rings. The third-order valence-electron chi connectivity index (χ3n) is 1.55. The molecule has 1 aliphatic carbocycles. The first kappa shape index (κ1) is 12.0. The highest BCUT2D eigenvalue weighted by Gasteiger charge is 2.35. The summed E-state index contributed by atoms with van der Waals surface area (Å²) in [5.41, 5.74) is 0. The van der Waals surface area contributed by atoms with Gasteiger partial charge in [0.15, 0.2) is 0 Å². The van der Waals surface area contributed by atoms with Crippen molar-refractivity contribution in [2.75, 3.05) is 0 Å². The van der Waals surface area contributed by atoms with Crippen LogP contribution in [0.1, 0.15) is 6.92 Å². The van der Waals surface area contributed by atoms with E-state index in [0.717, 1.165) is 13.4 Å². The summed E-state index contributed by atoms with van der Waals surface area (Å²) in [6.07, 6.45) is 2.11. The smallest absolute Gasteiger partial charge is 0.0658 e. The van der Waals surface area contributed by atoms with Crippen LogP contribution in [0.3, 0.4) is 0 Å². The number of hydrogen-bond donors (Lipinski definition) is 0. The van der Waals surface area contributed by atoms with Gasteiger partial charge in [-0.3, -0.25) is 0 Å². The van der Waals surface area contributed by atoms with Gasteiger partial charge in [0.2, 0.25) is 0 Å². The Bertz CT molecular complexity index is 263. The monoisotopic (exact) mass is 484 g/mol. The first-order valence-corrected chi connectivity index (χ1v) is 7.22. The van der Waals surface area contributed by atoms with Gasteiger partial charge in [-0.1, -0.05) is 53.9 Å². The van der Waals surface area contributed by atoms with Crippen molar-refractivity contribution >= 4 is 79.6 Å². The summed E-state index contributed by atoms with van der Waals surface area (Å²) in [6.45, 7) is 2.11. The lowest BCUT2D eigenvalue weighted by atomic mass is 10.0. The molecule has 0 spiro atoms. The summed E-state index contributed by atoms with van der Waals surface area (Å²) in [6, 6.07) is 0. The van der Waals surface area contributed by atoms with E-state index in [1.54, 1.807) is 0 Å². The molecule has 2 unspecified atom stereocenters. The fourth-order valence-corrected chi connectivity index (χ4v) is 4.59. The molecule has 12 heavy (non-hydrogen) atoms. The molecule has 0 radical (unpaired) electrons. The van der Waals surface area contributed by atoms with Crippen molar-refractivity contribution in [3.8, 4) is 0 Å². The predicted octanol–water partition coefficient (Wildman–Crippen LogP) is 5.20. The Hall–Kier alpha value is 1.88. The fraction of sp³-hybridized carbons (Fsp3) is 0.429. The van der Waals surface area contributed by atoms with Crippen molar-refractivity contribution in [1.82, 2.24) is 0 Å². The van der Waals surface area contributed by atoms with Gasteiger partial charge in [-0.05, 0) is 38.8 Å². The minimum atomic E-state index is -0.0536. The van der Waals surface area contributed by atoms with Crippen LogP contribution in [0, 0.1) is 0 Å². The second-order valence-electron chi connectivity index (χ2n) is 2.67. The van der Waals surface area contributed by atoms with E-state index >= 15 is 0 Å². The highest BCUT2D eigenvalue weighted by molar-refractivity contribution is 9.17. The standard InChI is InChI=1S/C7H5Br5/c1-7(12)2-3(8)4(9)5(10)6(7)11/h2,6H,1H3. The largest absolute Gasteiger partial charge is 0.0814 e. The zero-order chi connectivity index (χ0) is 9.52. The van der Waals surface area contributed by atoms with E-state index in [9.17, 15) is 0 Å². The van der Waals surface area contributed by atoms with E-state index in [1.165, 1.54) is 0 Å². The quantitative estimate of drug-likeness (QED) is 0.412. The van der Waals surface area contributed by atoms with Crippen LogP contribution in [0.4, 0.5) is 0 Å². The van der Waals surface area contributed by atoms with E-state index in [4.69, 9.17) is 0 Å². The molecule has 0 aliphatic heterocycles. The molecule has 1 aliphatic rings. The number of allylic oxidation sites excluding steroid dienone is 4. The minimum Gasteiger partial charge on any atom is -0.0814 e. The molecule has 0 nitrogen and oxygen atoms in total. The van der Waals surface area contributed by atoms with Gasteiger partial charge < -0.3 is 0 Å². The van der Waals surface area contributed by atoms with Gasteiger partial charge in [0.1, 0.15) is 0 Å². The summed E-state index contributed by atoms with van der Waals surface area (Å²) in [5.74, 6) is 0. The Kier molecular flexibility index (Phi) is 4.15. The Morgan fingerprint density at radius 2 is 1.83 bits per heavy atom. The van der Waals surface area contributed by atoms with Gasteiger partial charge in [0, 0.05) is 13.4 Å². The summed E-state index contributed by atoms with van der Waals surface area (Å²) in [5, 5.41) is 0. The van der Waals surface area contributed by atoms with E-state index in [2.05, 4.69) is 92.6 Å². The normalized spacial score (nSPS) is 36.8. The predicted molar refractivity (Wildman–Crippen MR) is 71.9 cm³/mol. The molecule has 0 aromatic heterocycles. The van der Waals surface area contributed by atoms with Crippen LogP contribution >= 0.6 is 79.6 Å². The highest BCUT2D eigenvalue weighted by atomic mass is 79.9. The van der Waals surface area contributed by atoms with Crippen molar-refractivity contribution in [2.24, 2.45) is 0 Å². The SMILES string of the molecule is CC1(Br)C=C(Br)C(Br)=C(Br)C1Br. The number of alkyl halides is 2. The van der Waals surface area contributed by atoms with Gasteiger partial charge in [-0.15, -0.1) is 0 Å². The number of halogens is 5. The third-order valence-corrected chi connectivity index (χ3v) is 8.27. The molecular formula is C7H5Br5. The molecule has 68 valence electrons. The van der Waals surface area contributed by atoms with E-state index in [1.807, 2.05) is 0 Å². The molecule has 0 bridgehead atoms. The molecule has 0 saturated carbocycles. The minimum absolute atomic E-state index is 0.0536. The zero-order valence-electron chi connectivity index (χ0n) is 6.04. The second-order valence-corrected chi connectivity index (χ2v) is 7.79. The maximum Gasteiger partial charge on any atom is 0.0658 e. The average Bonchev–Trinajstić information content (AvgIpc) is 1.97. The van der Waals surface area contributed by atoms with Crippen LogP contribution in [-0.4, -0.2) is 9.15 Å². The van der Waals surface area contributed by atoms with Crippen molar-refractivity contribution in [1.29, 1.82) is 0 Å². The van der Waals surface area contributed by atoms with Gasteiger partial charge in [0.25, 0.3) is 0 Å². The van der Waals surface area contributed by atoms with Crippen LogP contribution in [0.25, 0.3) is 0 Å². The lowest BCUT2D eigenvalue weighted by molar-refractivity contribution is 0.834. The highest BCUT2D eigenvalue weighted by Crippen LogP contribution is 2.47. The van der Waals surface area contributed by atoms with Crippen LogP contribution in [-0.2, 0) is 0 Å². The Morgan fingerprint density at radius 3 is 2.33 bits per heavy atom. The summed E-state index contributed by atoms with van der Waals surface area (Å²) in [4.78, 5) is 0.251. The van der Waals surface area contributed by atoms with E-state index in [-0.39, 0.29) is 9.15 Å². The lowest BCUT2D eigenvalue weighted by Gasteiger charge is -2.30. The van der Waals surface area contributed by atoms with Crippen molar-refractivity contribution in [3.63, 3.8) is 0 Å². The first-order chi connectivity index (χ1) is 5.36. The van der Waals surface area contributed by atoms with Gasteiger partial charge in [-0.2, -0.15) is 0 Å². The fourth-order valence-electron chi connectivity index (χ4n) is 0.857. The Balaban J connectivity index is 3.15. The van der Waals surface area contributed by atoms with Crippen LogP contribution in [0.5, 0.6) is 0 Å². The summed E-state index contributed by atoms with van der Waals surface area (Å²) in [7, 11) is 0. The van der Waals surface area contributed by atoms with E-state index < -0.39 is 0 Å². The van der Waals surface area contributed by atoms with Gasteiger partial charge >= 0.3 is 0 Å². The van der Waals surface area contributed by atoms with Crippen molar-refractivity contribution in [3.05, 3.63) is 19.5 Å². The lowest BCUT2D eigenvalue weighted by Crippen LogP contribution is -2.29. The Morgan fingerprint density at radius 1 is 1.33 bits per heavy atom. The molecular weight excluding hydrogens is 484 g/mol. The van der Waals surface area contributed by atoms with E-state index in [0.29, 0.717) is 0 Å². The molecule has 0 fully saturated rings. The molecule has 1 rings (SSSR count). The van der Waals surface area contributed by atoms with Gasteiger partial charge in [0.05, 0.1) is 9.15 Å². The summed E-state index contributed by atoms with van der Waals surface area (Å²) < 4.78 is 3.17. The molecule has 0 amide bonds. The molecule has 5 heteroatoms. The molecule has 2 atom stereocenters. The molecule has 0 saturated heterocycles. The topological polar surface area (TPSA) is 0 Å². The molecule has 0 heterocycles. The van der Waals surface area contributed by atoms with Crippen molar-refractivity contribution < 1.29 is 0 Å². The summed E-state index contributed by atoms with van der Waals surface area (Å²) >= 11 is 17.7. The van der Waals surface area contributed by atoms with Crippen LogP contribution in [0.2, 0.25) is 0 Å². The van der Waals surface area contributed by atoms with Crippen LogP contribution in [0.15, 0.2) is 19.5 Å². The van der Waals surface area contributed by atoms with Crippen molar-refractivity contribution in [2.45, 2.75) is 16.1 Å². The molecule has 0 N–H and O–H groups in total. The zero-order valence-corrected chi connectivity index (χ0v) is 14.0. The molecule has 0 aromatic carbocycles.